The molecule has 0 fully saturated rings. The number of hydrogen-bond donors (Lipinski definition) is 3. The highest BCUT2D eigenvalue weighted by atomic mass is 16.5. The molecule has 2 aromatic rings. The van der Waals surface area contributed by atoms with Gasteiger partial charge in [0.1, 0.15) is 12.6 Å². The van der Waals surface area contributed by atoms with Gasteiger partial charge >= 0.3 is 12.1 Å². The van der Waals surface area contributed by atoms with Gasteiger partial charge in [0.2, 0.25) is 5.91 Å². The molecule has 0 spiro atoms. The molecule has 8 heteroatoms. The zero-order valence-electron chi connectivity index (χ0n) is 19.9. The number of carbonyl (C=O) groups excluding carboxylic acids is 2. The van der Waals surface area contributed by atoms with E-state index < -0.39 is 36.0 Å². The molecule has 0 saturated heterocycles. The Balaban J connectivity index is 1.64. The summed E-state index contributed by atoms with van der Waals surface area (Å²) < 4.78 is 10.8. The molecule has 1 unspecified atom stereocenters. The van der Waals surface area contributed by atoms with Crippen molar-refractivity contribution in [2.75, 3.05) is 20.3 Å². The Bertz CT molecular complexity index is 992. The highest BCUT2D eigenvalue weighted by Gasteiger charge is 2.32. The molecule has 3 rings (SSSR count). The average Bonchev–Trinajstić information content (AvgIpc) is 3.14. The van der Waals surface area contributed by atoms with E-state index in [0.29, 0.717) is 0 Å². The molecule has 0 bridgehead atoms. The van der Waals surface area contributed by atoms with Crippen LogP contribution in [0.1, 0.15) is 37.8 Å². The predicted molar refractivity (Wildman–Crippen MR) is 127 cm³/mol. The van der Waals surface area contributed by atoms with Crippen LogP contribution >= 0.6 is 0 Å². The monoisotopic (exact) mass is 468 g/mol. The second-order valence-electron chi connectivity index (χ2n) is 8.82. The largest absolute Gasteiger partial charge is 0.481 e. The highest BCUT2D eigenvalue weighted by Crippen LogP contribution is 2.44. The van der Waals surface area contributed by atoms with Crippen molar-refractivity contribution in [3.8, 4) is 11.1 Å². The van der Waals surface area contributed by atoms with Crippen LogP contribution in [0.2, 0.25) is 0 Å². The van der Waals surface area contributed by atoms with E-state index >= 15 is 0 Å². The van der Waals surface area contributed by atoms with E-state index in [1.165, 1.54) is 7.11 Å². The molecule has 0 heterocycles. The van der Waals surface area contributed by atoms with E-state index in [-0.39, 0.29) is 25.0 Å². The number of aliphatic carboxylic acids is 1. The van der Waals surface area contributed by atoms with Crippen LogP contribution in [0.3, 0.4) is 0 Å². The van der Waals surface area contributed by atoms with Gasteiger partial charge in [-0.1, -0.05) is 62.4 Å². The van der Waals surface area contributed by atoms with Gasteiger partial charge in [-0.25, -0.2) is 4.79 Å². The van der Waals surface area contributed by atoms with E-state index in [1.807, 2.05) is 36.4 Å². The Hall–Kier alpha value is -3.39. The average molecular weight is 469 g/mol. The van der Waals surface area contributed by atoms with E-state index in [2.05, 4.69) is 22.8 Å². The van der Waals surface area contributed by atoms with Crippen LogP contribution in [0, 0.1) is 11.8 Å². The van der Waals surface area contributed by atoms with Crippen molar-refractivity contribution in [2.45, 2.75) is 38.8 Å². The molecule has 3 N–H and O–H groups in total. The number of hydrogen-bond acceptors (Lipinski definition) is 5. The number of benzene rings is 2. The summed E-state index contributed by atoms with van der Waals surface area (Å²) in [6.45, 7) is 5.25. The Labute approximate surface area is 199 Å². The molecule has 1 aliphatic carbocycles. The number of alkyl carbamates (subject to hydrolysis) is 1. The van der Waals surface area contributed by atoms with Gasteiger partial charge in [0.25, 0.3) is 0 Å². The number of carboxylic acid groups (broad SMARTS) is 1. The third-order valence-corrected chi connectivity index (χ3v) is 6.36. The number of carboxylic acids is 1. The van der Waals surface area contributed by atoms with Crippen LogP contribution in [0.5, 0.6) is 0 Å². The first-order valence-electron chi connectivity index (χ1n) is 11.4. The van der Waals surface area contributed by atoms with Crippen LogP contribution in [-0.2, 0) is 19.1 Å². The molecule has 3 atom stereocenters. The number of amides is 2. The minimum Gasteiger partial charge on any atom is -0.481 e. The first kappa shape index (κ1) is 25.2. The predicted octanol–water partition coefficient (Wildman–Crippen LogP) is 3.40. The summed E-state index contributed by atoms with van der Waals surface area (Å²) in [6, 6.07) is 15.0. The molecule has 182 valence electrons. The Morgan fingerprint density at radius 3 is 2.03 bits per heavy atom. The standard InChI is InChI=1S/C26H32N2O6/c1-15(2)21(25(30)31)13-27-24(29)23(16(3)33-4)28-26(32)34-14-22-19-11-7-5-9-17(19)18-10-6-8-12-20(18)22/h5-12,15-16,21-23H,13-14H2,1-4H3,(H,27,29)(H,28,32)(H,30,31)/t16-,21?,23+/m1/s1. The van der Waals surface area contributed by atoms with E-state index in [9.17, 15) is 19.5 Å². The fourth-order valence-corrected chi connectivity index (χ4v) is 4.23. The van der Waals surface area contributed by atoms with Gasteiger partial charge in [-0.2, -0.15) is 0 Å². The molecule has 0 aliphatic heterocycles. The van der Waals surface area contributed by atoms with Gasteiger partial charge in [0, 0.05) is 19.6 Å². The second-order valence-corrected chi connectivity index (χ2v) is 8.82. The summed E-state index contributed by atoms with van der Waals surface area (Å²) in [5.74, 6) is -2.53. The first-order chi connectivity index (χ1) is 16.2. The summed E-state index contributed by atoms with van der Waals surface area (Å²) in [6.07, 6.45) is -1.40. The quantitative estimate of drug-likeness (QED) is 0.493. The normalized spacial score (nSPS) is 15.1. The van der Waals surface area contributed by atoms with Crippen molar-refractivity contribution >= 4 is 18.0 Å². The van der Waals surface area contributed by atoms with Crippen LogP contribution in [0.25, 0.3) is 11.1 Å². The zero-order valence-corrected chi connectivity index (χ0v) is 19.9. The lowest BCUT2D eigenvalue weighted by Gasteiger charge is -2.25. The molecule has 1 aliphatic rings. The van der Waals surface area contributed by atoms with Crippen molar-refractivity contribution in [2.24, 2.45) is 11.8 Å². The Morgan fingerprint density at radius 1 is 0.971 bits per heavy atom. The number of carbonyl (C=O) groups is 3. The molecule has 2 aromatic carbocycles. The van der Waals surface area contributed by atoms with Crippen molar-refractivity contribution in [1.29, 1.82) is 0 Å². The number of ether oxygens (including phenoxy) is 2. The zero-order chi connectivity index (χ0) is 24.8. The molecular weight excluding hydrogens is 436 g/mol. The lowest BCUT2D eigenvalue weighted by molar-refractivity contribution is -0.143. The smallest absolute Gasteiger partial charge is 0.407 e. The number of rotatable bonds is 10. The summed E-state index contributed by atoms with van der Waals surface area (Å²) in [5, 5.41) is 14.5. The summed E-state index contributed by atoms with van der Waals surface area (Å²) in [4.78, 5) is 36.8. The fraction of sp³-hybridized carbons (Fsp3) is 0.423. The fourth-order valence-electron chi connectivity index (χ4n) is 4.23. The second kappa shape index (κ2) is 11.2. The van der Waals surface area contributed by atoms with Crippen LogP contribution in [-0.4, -0.2) is 55.5 Å². The number of methoxy groups -OCH3 is 1. The number of nitrogens with one attached hydrogen (secondary N) is 2. The van der Waals surface area contributed by atoms with Gasteiger partial charge in [0.15, 0.2) is 0 Å². The SMILES string of the molecule is CO[C@H](C)[C@H](NC(=O)OCC1c2ccccc2-c2ccccc21)C(=O)NCC(C(=O)O)C(C)C. The van der Waals surface area contributed by atoms with E-state index in [1.54, 1.807) is 20.8 Å². The molecule has 34 heavy (non-hydrogen) atoms. The lowest BCUT2D eigenvalue weighted by atomic mass is 9.96. The van der Waals surface area contributed by atoms with Crippen molar-refractivity contribution < 1.29 is 29.0 Å². The first-order valence-corrected chi connectivity index (χ1v) is 11.4. The Morgan fingerprint density at radius 2 is 1.53 bits per heavy atom. The van der Waals surface area contributed by atoms with Gasteiger partial charge in [0.05, 0.1) is 12.0 Å². The minimum atomic E-state index is -1.04. The maximum absolute atomic E-state index is 12.8. The van der Waals surface area contributed by atoms with Crippen molar-refractivity contribution in [1.82, 2.24) is 10.6 Å². The van der Waals surface area contributed by atoms with E-state index in [4.69, 9.17) is 9.47 Å². The minimum absolute atomic E-state index is 0.0505. The molecule has 0 radical (unpaired) electrons. The van der Waals surface area contributed by atoms with Crippen LogP contribution in [0.15, 0.2) is 48.5 Å². The Kier molecular flexibility index (Phi) is 8.28. The molecular formula is C26H32N2O6. The molecule has 8 nitrogen and oxygen atoms in total. The molecule has 0 aromatic heterocycles. The van der Waals surface area contributed by atoms with Gasteiger partial charge in [-0.3, -0.25) is 9.59 Å². The maximum atomic E-state index is 12.8. The topological polar surface area (TPSA) is 114 Å². The van der Waals surface area contributed by atoms with Crippen molar-refractivity contribution in [3.05, 3.63) is 59.7 Å². The van der Waals surface area contributed by atoms with Crippen LogP contribution in [0.4, 0.5) is 4.79 Å². The van der Waals surface area contributed by atoms with Gasteiger partial charge in [-0.05, 0) is 35.1 Å². The van der Waals surface area contributed by atoms with E-state index in [0.717, 1.165) is 22.3 Å². The third-order valence-electron chi connectivity index (χ3n) is 6.36. The van der Waals surface area contributed by atoms with Crippen LogP contribution < -0.4 is 10.6 Å². The summed E-state index contributed by atoms with van der Waals surface area (Å²) in [7, 11) is 1.43. The lowest BCUT2D eigenvalue weighted by Crippen LogP contribution is -2.54. The third kappa shape index (κ3) is 5.56. The number of fused-ring (bicyclic) bond motifs is 3. The highest BCUT2D eigenvalue weighted by molar-refractivity contribution is 5.86. The van der Waals surface area contributed by atoms with Crippen molar-refractivity contribution in [3.63, 3.8) is 0 Å². The molecule has 2 amide bonds. The summed E-state index contributed by atoms with van der Waals surface area (Å²) >= 11 is 0. The molecule has 0 saturated carbocycles. The maximum Gasteiger partial charge on any atom is 0.407 e. The summed E-state index contributed by atoms with van der Waals surface area (Å²) in [5.41, 5.74) is 4.42. The van der Waals surface area contributed by atoms with Gasteiger partial charge in [-0.15, -0.1) is 0 Å². The van der Waals surface area contributed by atoms with Gasteiger partial charge < -0.3 is 25.2 Å².